The van der Waals surface area contributed by atoms with Gasteiger partial charge in [0.05, 0.1) is 23.8 Å². The zero-order valence-corrected chi connectivity index (χ0v) is 15.0. The minimum absolute atomic E-state index is 0.154. The van der Waals surface area contributed by atoms with Crippen LogP contribution in [-0.4, -0.2) is 27.4 Å². The molecule has 0 saturated heterocycles. The first-order valence-electron chi connectivity index (χ1n) is 8.46. The van der Waals surface area contributed by atoms with Gasteiger partial charge in [0.25, 0.3) is 0 Å². The molecule has 1 amide bonds. The molecule has 2 aromatic heterocycles. The summed E-state index contributed by atoms with van der Waals surface area (Å²) in [7, 11) is 0. The maximum Gasteiger partial charge on any atom is 0.338 e. The lowest BCUT2D eigenvalue weighted by molar-refractivity contribution is -0.115. The van der Waals surface area contributed by atoms with E-state index >= 15 is 0 Å². The number of nitrogens with one attached hydrogen (secondary N) is 1. The number of carbonyl (C=O) groups excluding carboxylic acids is 2. The van der Waals surface area contributed by atoms with Gasteiger partial charge in [0.1, 0.15) is 5.65 Å². The van der Waals surface area contributed by atoms with Gasteiger partial charge in [0.15, 0.2) is 0 Å². The number of nitrogens with zero attached hydrogens (tertiary/aromatic N) is 2. The number of aromatic nitrogens is 2. The standard InChI is InChI=1S/C20H21N3O3/c1-13(2)26-20(25)15-5-4-6-16(10-15)22-19(24)11-17-12-23-8-7-14(3)9-18(23)21-17/h4-10,12-13H,11H2,1-3H3,(H,22,24). The summed E-state index contributed by atoms with van der Waals surface area (Å²) in [5, 5.41) is 2.80. The van der Waals surface area contributed by atoms with Crippen molar-refractivity contribution in [2.24, 2.45) is 0 Å². The van der Waals surface area contributed by atoms with Crippen molar-refractivity contribution in [1.82, 2.24) is 9.38 Å². The first-order valence-corrected chi connectivity index (χ1v) is 8.46. The fraction of sp³-hybridized carbons (Fsp3) is 0.250. The minimum Gasteiger partial charge on any atom is -0.459 e. The number of rotatable bonds is 5. The summed E-state index contributed by atoms with van der Waals surface area (Å²) in [6.07, 6.45) is 3.72. The highest BCUT2D eigenvalue weighted by Crippen LogP contribution is 2.14. The number of esters is 1. The third kappa shape index (κ3) is 4.27. The van der Waals surface area contributed by atoms with Crippen LogP contribution >= 0.6 is 0 Å². The Kier molecular flexibility index (Phi) is 5.02. The number of fused-ring (bicyclic) bond motifs is 1. The van der Waals surface area contributed by atoms with Crippen molar-refractivity contribution < 1.29 is 14.3 Å². The molecule has 0 spiro atoms. The molecular weight excluding hydrogens is 330 g/mol. The molecule has 0 bridgehead atoms. The molecule has 0 saturated carbocycles. The van der Waals surface area contributed by atoms with E-state index in [2.05, 4.69) is 10.3 Å². The lowest BCUT2D eigenvalue weighted by atomic mass is 10.2. The van der Waals surface area contributed by atoms with E-state index < -0.39 is 5.97 Å². The molecule has 1 aromatic carbocycles. The Morgan fingerprint density at radius 2 is 2.04 bits per heavy atom. The van der Waals surface area contributed by atoms with Gasteiger partial charge in [0.2, 0.25) is 5.91 Å². The van der Waals surface area contributed by atoms with Crippen LogP contribution in [0.5, 0.6) is 0 Å². The highest BCUT2D eigenvalue weighted by atomic mass is 16.5. The van der Waals surface area contributed by atoms with Crippen LogP contribution < -0.4 is 5.32 Å². The van der Waals surface area contributed by atoms with Crippen molar-refractivity contribution >= 4 is 23.2 Å². The molecule has 26 heavy (non-hydrogen) atoms. The molecule has 6 nitrogen and oxygen atoms in total. The number of aryl methyl sites for hydroxylation is 1. The SMILES string of the molecule is Cc1ccn2cc(CC(=O)Nc3cccc(C(=O)OC(C)C)c3)nc2c1. The molecule has 3 rings (SSSR count). The second kappa shape index (κ2) is 7.39. The van der Waals surface area contributed by atoms with Gasteiger partial charge in [0, 0.05) is 18.1 Å². The average molecular weight is 351 g/mol. The Morgan fingerprint density at radius 1 is 1.23 bits per heavy atom. The maximum atomic E-state index is 12.3. The van der Waals surface area contributed by atoms with Gasteiger partial charge in [-0.1, -0.05) is 6.07 Å². The lowest BCUT2D eigenvalue weighted by Gasteiger charge is -2.09. The van der Waals surface area contributed by atoms with Gasteiger partial charge < -0.3 is 14.5 Å². The van der Waals surface area contributed by atoms with E-state index in [1.165, 1.54) is 0 Å². The lowest BCUT2D eigenvalue weighted by Crippen LogP contribution is -2.16. The number of carbonyl (C=O) groups is 2. The quantitative estimate of drug-likeness (QED) is 0.715. The summed E-state index contributed by atoms with van der Waals surface area (Å²) in [4.78, 5) is 28.7. The summed E-state index contributed by atoms with van der Waals surface area (Å²) in [5.41, 5.74) is 3.56. The van der Waals surface area contributed by atoms with Crippen molar-refractivity contribution in [2.45, 2.75) is 33.3 Å². The Labute approximate surface area is 151 Å². The predicted molar refractivity (Wildman–Crippen MR) is 99.3 cm³/mol. The largest absolute Gasteiger partial charge is 0.459 e. The van der Waals surface area contributed by atoms with E-state index in [9.17, 15) is 9.59 Å². The van der Waals surface area contributed by atoms with Gasteiger partial charge in [-0.25, -0.2) is 9.78 Å². The smallest absolute Gasteiger partial charge is 0.338 e. The first kappa shape index (κ1) is 17.7. The van der Waals surface area contributed by atoms with Crippen LogP contribution in [0.1, 0.15) is 35.5 Å². The van der Waals surface area contributed by atoms with Crippen LogP contribution in [0.3, 0.4) is 0 Å². The second-order valence-electron chi connectivity index (χ2n) is 6.46. The summed E-state index contributed by atoms with van der Waals surface area (Å²) >= 11 is 0. The molecule has 2 heterocycles. The molecule has 6 heteroatoms. The van der Waals surface area contributed by atoms with Crippen LogP contribution in [-0.2, 0) is 16.0 Å². The number of benzene rings is 1. The average Bonchev–Trinajstić information content (AvgIpc) is 2.95. The number of pyridine rings is 1. The molecule has 0 atom stereocenters. The minimum atomic E-state index is -0.410. The highest BCUT2D eigenvalue weighted by molar-refractivity contribution is 5.95. The number of hydrogen-bond donors (Lipinski definition) is 1. The summed E-state index contributed by atoms with van der Waals surface area (Å²) in [5.74, 6) is -0.605. The molecule has 134 valence electrons. The van der Waals surface area contributed by atoms with Gasteiger partial charge >= 0.3 is 5.97 Å². The summed E-state index contributed by atoms with van der Waals surface area (Å²) < 4.78 is 7.06. The van der Waals surface area contributed by atoms with E-state index in [-0.39, 0.29) is 18.4 Å². The third-order valence-corrected chi connectivity index (χ3v) is 3.73. The molecule has 0 aliphatic carbocycles. The fourth-order valence-electron chi connectivity index (χ4n) is 2.60. The molecule has 1 N–H and O–H groups in total. The third-order valence-electron chi connectivity index (χ3n) is 3.73. The number of hydrogen-bond acceptors (Lipinski definition) is 4. The van der Waals surface area contributed by atoms with Gasteiger partial charge in [-0.15, -0.1) is 0 Å². The Hall–Kier alpha value is -3.15. The first-order chi connectivity index (χ1) is 12.4. The second-order valence-corrected chi connectivity index (χ2v) is 6.46. The van der Waals surface area contributed by atoms with Crippen molar-refractivity contribution in [2.75, 3.05) is 5.32 Å². The highest BCUT2D eigenvalue weighted by Gasteiger charge is 2.12. The van der Waals surface area contributed by atoms with Crippen molar-refractivity contribution in [1.29, 1.82) is 0 Å². The van der Waals surface area contributed by atoms with Crippen LogP contribution in [0.25, 0.3) is 5.65 Å². The monoisotopic (exact) mass is 351 g/mol. The van der Waals surface area contributed by atoms with Crippen LogP contribution in [0.15, 0.2) is 48.8 Å². The van der Waals surface area contributed by atoms with Gasteiger partial charge in [-0.3, -0.25) is 4.79 Å². The number of imidazole rings is 1. The van der Waals surface area contributed by atoms with Crippen LogP contribution in [0.2, 0.25) is 0 Å². The van der Waals surface area contributed by atoms with Gasteiger partial charge in [-0.2, -0.15) is 0 Å². The Balaban J connectivity index is 1.68. The summed E-state index contributed by atoms with van der Waals surface area (Å²) in [6.45, 7) is 5.58. The predicted octanol–water partition coefficient (Wildman–Crippen LogP) is 3.39. The van der Waals surface area contributed by atoms with Crippen molar-refractivity contribution in [3.05, 3.63) is 65.6 Å². The van der Waals surface area contributed by atoms with E-state index in [0.717, 1.165) is 11.2 Å². The van der Waals surface area contributed by atoms with Crippen LogP contribution in [0, 0.1) is 6.92 Å². The van der Waals surface area contributed by atoms with Crippen molar-refractivity contribution in [3.63, 3.8) is 0 Å². The number of anilines is 1. The van der Waals surface area contributed by atoms with E-state index in [1.54, 1.807) is 38.1 Å². The molecule has 0 aliphatic rings. The zero-order chi connectivity index (χ0) is 18.7. The number of amides is 1. The molecule has 0 unspecified atom stereocenters. The maximum absolute atomic E-state index is 12.3. The summed E-state index contributed by atoms with van der Waals surface area (Å²) in [6, 6.07) is 10.7. The molecule has 0 radical (unpaired) electrons. The normalized spacial score (nSPS) is 10.9. The molecular formula is C20H21N3O3. The van der Waals surface area contributed by atoms with E-state index in [0.29, 0.717) is 16.9 Å². The molecule has 3 aromatic rings. The van der Waals surface area contributed by atoms with Crippen molar-refractivity contribution in [3.8, 4) is 0 Å². The Bertz CT molecular complexity index is 960. The van der Waals surface area contributed by atoms with Crippen LogP contribution in [0.4, 0.5) is 5.69 Å². The topological polar surface area (TPSA) is 72.7 Å². The van der Waals surface area contributed by atoms with E-state index in [4.69, 9.17) is 4.74 Å². The van der Waals surface area contributed by atoms with E-state index in [1.807, 2.05) is 35.9 Å². The zero-order valence-electron chi connectivity index (χ0n) is 15.0. The fourth-order valence-corrected chi connectivity index (χ4v) is 2.60. The number of ether oxygens (including phenoxy) is 1. The van der Waals surface area contributed by atoms with Gasteiger partial charge in [-0.05, 0) is 56.7 Å². The molecule has 0 fully saturated rings. The Morgan fingerprint density at radius 3 is 2.81 bits per heavy atom. The molecule has 0 aliphatic heterocycles.